The van der Waals surface area contributed by atoms with Crippen molar-refractivity contribution < 1.29 is 18.0 Å². The summed E-state index contributed by atoms with van der Waals surface area (Å²) in [5.41, 5.74) is -0.290. The van der Waals surface area contributed by atoms with Gasteiger partial charge in [-0.1, -0.05) is 18.3 Å². The first-order chi connectivity index (χ1) is 11.8. The summed E-state index contributed by atoms with van der Waals surface area (Å²) in [4.78, 5) is 17.7. The molecule has 130 valence electrons. The van der Waals surface area contributed by atoms with Crippen LogP contribution in [-0.4, -0.2) is 20.9 Å². The quantitative estimate of drug-likeness (QED) is 0.804. The van der Waals surface area contributed by atoms with Gasteiger partial charge in [-0.2, -0.15) is 23.3 Å². The average Bonchev–Trinajstić information content (AvgIpc) is 3.13. The monoisotopic (exact) mass is 366 g/mol. The number of aromatic nitrogens is 2. The maximum absolute atomic E-state index is 12.8. The highest BCUT2D eigenvalue weighted by atomic mass is 32.2. The Morgan fingerprint density at radius 1 is 1.32 bits per heavy atom. The molecule has 2 heterocycles. The molecule has 0 radical (unpaired) electrons. The zero-order valence-electron chi connectivity index (χ0n) is 13.1. The molecule has 5 nitrogen and oxygen atoms in total. The van der Waals surface area contributed by atoms with E-state index in [4.69, 9.17) is 0 Å². The van der Waals surface area contributed by atoms with Gasteiger partial charge in [0.2, 0.25) is 5.91 Å². The zero-order chi connectivity index (χ0) is 18.2. The van der Waals surface area contributed by atoms with E-state index in [2.05, 4.69) is 16.7 Å². The fourth-order valence-corrected chi connectivity index (χ4v) is 3.46. The molecule has 1 unspecified atom stereocenters. The number of amidine groups is 1. The van der Waals surface area contributed by atoms with Gasteiger partial charge in [0.25, 0.3) is 0 Å². The number of rotatable bonds is 2. The number of anilines is 1. The van der Waals surface area contributed by atoms with Crippen molar-refractivity contribution in [1.29, 1.82) is 0 Å². The van der Waals surface area contributed by atoms with Gasteiger partial charge in [-0.3, -0.25) is 9.69 Å². The number of halogens is 3. The molecule has 1 fully saturated rings. The molecule has 0 saturated carbocycles. The fraction of sp³-hybridized carbons (Fsp3) is 0.188. The number of thioether (sulfide) groups is 1. The largest absolute Gasteiger partial charge is 0.416 e. The number of hydrogen-bond acceptors (Lipinski definition) is 3. The maximum atomic E-state index is 12.8. The molecule has 1 aliphatic rings. The molecule has 1 aliphatic heterocycles. The molecule has 0 aliphatic carbocycles. The lowest BCUT2D eigenvalue weighted by Crippen LogP contribution is -2.31. The van der Waals surface area contributed by atoms with Gasteiger partial charge in [0, 0.05) is 29.9 Å². The van der Waals surface area contributed by atoms with E-state index >= 15 is 0 Å². The lowest BCUT2D eigenvalue weighted by atomic mass is 10.2. The minimum atomic E-state index is -4.42. The molecule has 0 N–H and O–H groups in total. The summed E-state index contributed by atoms with van der Waals surface area (Å²) in [6, 6.07) is 6.39. The van der Waals surface area contributed by atoms with Crippen LogP contribution in [-0.2, 0) is 11.0 Å². The highest BCUT2D eigenvalue weighted by Gasteiger charge is 2.37. The predicted molar refractivity (Wildman–Crippen MR) is 90.0 cm³/mol. The second kappa shape index (κ2) is 6.40. The van der Waals surface area contributed by atoms with E-state index in [9.17, 15) is 18.0 Å². The second-order valence-electron chi connectivity index (χ2n) is 5.26. The number of carbonyl (C=O) groups excluding carboxylic acids is 1. The van der Waals surface area contributed by atoms with E-state index in [0.29, 0.717) is 15.8 Å². The van der Waals surface area contributed by atoms with Gasteiger partial charge >= 0.3 is 6.18 Å². The minimum Gasteiger partial charge on any atom is -0.293 e. The molecule has 3 rings (SSSR count). The van der Waals surface area contributed by atoms with Crippen LogP contribution in [0.4, 0.5) is 18.9 Å². The van der Waals surface area contributed by atoms with Crippen LogP contribution >= 0.6 is 11.8 Å². The van der Waals surface area contributed by atoms with Gasteiger partial charge in [-0.05, 0) is 30.3 Å². The van der Waals surface area contributed by atoms with E-state index < -0.39 is 23.8 Å². The molecule has 1 aromatic carbocycles. The third kappa shape index (κ3) is 3.46. The van der Waals surface area contributed by atoms with Crippen LogP contribution in [0, 0.1) is 0 Å². The summed E-state index contributed by atoms with van der Waals surface area (Å²) in [5, 5.41) is 4.52. The zero-order valence-corrected chi connectivity index (χ0v) is 13.9. The number of amides is 1. The highest BCUT2D eigenvalue weighted by Crippen LogP contribution is 2.44. The molecule has 1 atom stereocenters. The topological polar surface area (TPSA) is 50.5 Å². The van der Waals surface area contributed by atoms with Crippen LogP contribution in [0.3, 0.4) is 0 Å². The Morgan fingerprint density at radius 3 is 2.52 bits per heavy atom. The molecule has 9 heteroatoms. The lowest BCUT2D eigenvalue weighted by Gasteiger charge is -2.26. The minimum absolute atomic E-state index is 0.345. The Kier molecular flexibility index (Phi) is 4.42. The third-order valence-electron chi connectivity index (χ3n) is 3.46. The summed E-state index contributed by atoms with van der Waals surface area (Å²) in [6.07, 6.45) is -1.61. The van der Waals surface area contributed by atoms with Gasteiger partial charge in [-0.15, -0.1) is 0 Å². The summed E-state index contributed by atoms with van der Waals surface area (Å²) in [7, 11) is 0. The number of hydrogen-bond donors (Lipinski definition) is 0. The van der Waals surface area contributed by atoms with Crippen molar-refractivity contribution in [3.63, 3.8) is 0 Å². The third-order valence-corrected chi connectivity index (χ3v) is 4.41. The predicted octanol–water partition coefficient (Wildman–Crippen LogP) is 4.07. The van der Waals surface area contributed by atoms with E-state index in [1.165, 1.54) is 30.8 Å². The smallest absolute Gasteiger partial charge is 0.293 e. The Hall–Kier alpha value is -2.55. The molecule has 0 spiro atoms. The summed E-state index contributed by atoms with van der Waals surface area (Å²) < 4.78 is 40.0. The van der Waals surface area contributed by atoms with Crippen LogP contribution in [0.15, 0.2) is 59.2 Å². The van der Waals surface area contributed by atoms with E-state index in [1.807, 2.05) is 0 Å². The first-order valence-corrected chi connectivity index (χ1v) is 8.00. The van der Waals surface area contributed by atoms with E-state index in [0.717, 1.165) is 12.1 Å². The van der Waals surface area contributed by atoms with Gasteiger partial charge in [-0.25, -0.2) is 4.68 Å². The van der Waals surface area contributed by atoms with Gasteiger partial charge < -0.3 is 0 Å². The van der Waals surface area contributed by atoms with Gasteiger partial charge in [0.05, 0.1) is 5.56 Å². The molecule has 1 aromatic heterocycles. The summed E-state index contributed by atoms with van der Waals surface area (Å²) in [5.74, 6) is -0.409. The molecule has 25 heavy (non-hydrogen) atoms. The first-order valence-electron chi connectivity index (χ1n) is 7.19. The molecule has 1 amide bonds. The standard InChI is InChI=1S/C16H13F3N4OS/c1-10-14(22-9-3-8-20-22)23(15(25-10)21-11(2)24)13-6-4-12(5-7-13)16(17,18)19/h3-9,14H,1H2,2H3. The fourth-order valence-electron chi connectivity index (χ4n) is 2.43. The Balaban J connectivity index is 2.06. The van der Waals surface area contributed by atoms with Crippen LogP contribution in [0.1, 0.15) is 18.7 Å². The number of alkyl halides is 3. The van der Waals surface area contributed by atoms with Gasteiger partial charge in [0.1, 0.15) is 0 Å². The van der Waals surface area contributed by atoms with Crippen molar-refractivity contribution in [1.82, 2.24) is 9.78 Å². The van der Waals surface area contributed by atoms with Crippen LogP contribution in [0.5, 0.6) is 0 Å². The van der Waals surface area contributed by atoms with E-state index in [-0.39, 0.29) is 0 Å². The van der Waals surface area contributed by atoms with Crippen molar-refractivity contribution in [2.45, 2.75) is 19.3 Å². The first kappa shape index (κ1) is 17.3. The average molecular weight is 366 g/mol. The van der Waals surface area contributed by atoms with Crippen molar-refractivity contribution in [3.8, 4) is 0 Å². The van der Waals surface area contributed by atoms with Crippen molar-refractivity contribution in [2.75, 3.05) is 4.90 Å². The highest BCUT2D eigenvalue weighted by molar-refractivity contribution is 8.18. The Morgan fingerprint density at radius 2 is 2.00 bits per heavy atom. The Bertz CT molecular complexity index is 828. The van der Waals surface area contributed by atoms with E-state index in [1.54, 1.807) is 28.0 Å². The molecule has 0 bridgehead atoms. The van der Waals surface area contributed by atoms with Crippen molar-refractivity contribution in [3.05, 3.63) is 59.8 Å². The number of benzene rings is 1. The normalized spacial score (nSPS) is 19.7. The van der Waals surface area contributed by atoms with Crippen LogP contribution < -0.4 is 4.90 Å². The number of carbonyl (C=O) groups is 1. The van der Waals surface area contributed by atoms with Crippen molar-refractivity contribution in [2.24, 2.45) is 4.99 Å². The Labute approximate surface area is 145 Å². The van der Waals surface area contributed by atoms with Crippen LogP contribution in [0.2, 0.25) is 0 Å². The maximum Gasteiger partial charge on any atom is 0.416 e. The SMILES string of the molecule is C=C1SC(=NC(C)=O)N(c2ccc(C(F)(F)F)cc2)C1n1cccn1. The molecular formula is C16H13F3N4OS. The number of aliphatic imine (C=N–C) groups is 1. The lowest BCUT2D eigenvalue weighted by molar-refractivity contribution is -0.137. The number of nitrogens with zero attached hydrogens (tertiary/aromatic N) is 4. The second-order valence-corrected chi connectivity index (χ2v) is 6.35. The van der Waals surface area contributed by atoms with Crippen molar-refractivity contribution >= 4 is 28.5 Å². The summed E-state index contributed by atoms with van der Waals surface area (Å²) in [6.45, 7) is 5.28. The van der Waals surface area contributed by atoms with Crippen LogP contribution in [0.25, 0.3) is 0 Å². The summed E-state index contributed by atoms with van der Waals surface area (Å²) >= 11 is 1.19. The molecular weight excluding hydrogens is 353 g/mol. The van der Waals surface area contributed by atoms with Gasteiger partial charge in [0.15, 0.2) is 11.3 Å². The molecule has 1 saturated heterocycles. The molecule has 2 aromatic rings.